The number of nitrogens with one attached hydrogen (secondary N) is 1. The van der Waals surface area contributed by atoms with E-state index in [1.54, 1.807) is 0 Å². The minimum Gasteiger partial charge on any atom is -0.356 e. The van der Waals surface area contributed by atoms with Crippen LogP contribution < -0.4 is 5.32 Å². The highest BCUT2D eigenvalue weighted by Gasteiger charge is 2.21. The van der Waals surface area contributed by atoms with Crippen molar-refractivity contribution >= 4 is 41.7 Å². The van der Waals surface area contributed by atoms with Crippen LogP contribution in [-0.4, -0.2) is 73.1 Å². The zero-order chi connectivity index (χ0) is 16.5. The van der Waals surface area contributed by atoms with E-state index in [9.17, 15) is 0 Å². The summed E-state index contributed by atoms with van der Waals surface area (Å²) < 4.78 is 0. The molecular formula is C18H37IN4S. The Morgan fingerprint density at radius 1 is 1.21 bits per heavy atom. The first-order valence-electron chi connectivity index (χ1n) is 9.52. The minimum absolute atomic E-state index is 0. The van der Waals surface area contributed by atoms with Gasteiger partial charge in [-0.1, -0.05) is 13.8 Å². The van der Waals surface area contributed by atoms with Gasteiger partial charge in [0.25, 0.3) is 0 Å². The highest BCUT2D eigenvalue weighted by molar-refractivity contribution is 14.0. The van der Waals surface area contributed by atoms with E-state index >= 15 is 0 Å². The fourth-order valence-electron chi connectivity index (χ4n) is 3.44. The predicted molar refractivity (Wildman–Crippen MR) is 119 cm³/mol. The molecule has 1 N–H and O–H groups in total. The molecule has 2 aliphatic heterocycles. The van der Waals surface area contributed by atoms with E-state index in [2.05, 4.69) is 45.7 Å². The Morgan fingerprint density at radius 2 is 1.96 bits per heavy atom. The van der Waals surface area contributed by atoms with Crippen molar-refractivity contribution in [3.8, 4) is 0 Å². The van der Waals surface area contributed by atoms with Gasteiger partial charge in [0, 0.05) is 37.7 Å². The second-order valence-corrected chi connectivity index (χ2v) is 8.46. The van der Waals surface area contributed by atoms with E-state index in [1.807, 2.05) is 7.05 Å². The summed E-state index contributed by atoms with van der Waals surface area (Å²) in [5.41, 5.74) is 0. The Labute approximate surface area is 170 Å². The number of piperidine rings is 1. The number of unbranched alkanes of at least 4 members (excludes halogenated alkanes) is 1. The molecule has 24 heavy (non-hydrogen) atoms. The molecule has 2 fully saturated rings. The summed E-state index contributed by atoms with van der Waals surface area (Å²) in [6, 6.07) is 0. The highest BCUT2D eigenvalue weighted by Crippen LogP contribution is 2.21. The van der Waals surface area contributed by atoms with Gasteiger partial charge in [-0.3, -0.25) is 4.99 Å². The summed E-state index contributed by atoms with van der Waals surface area (Å²) in [5.74, 6) is 3.27. The van der Waals surface area contributed by atoms with Crippen LogP contribution in [0.4, 0.5) is 0 Å². The normalized spacial score (nSPS) is 23.9. The van der Waals surface area contributed by atoms with Crippen molar-refractivity contribution < 1.29 is 0 Å². The maximum Gasteiger partial charge on any atom is 0.193 e. The standard InChI is InChI=1S/C18H36N4S.HI/c1-4-17-15-22(13-14-23-17)18(19-3)20-9-5-6-10-21-11-7-16(2)8-12-21;/h16-17H,4-15H2,1-3H3,(H,19,20);1H. The van der Waals surface area contributed by atoms with Crippen LogP contribution in [0.15, 0.2) is 4.99 Å². The van der Waals surface area contributed by atoms with Crippen molar-refractivity contribution in [1.82, 2.24) is 15.1 Å². The third-order valence-electron chi connectivity index (χ3n) is 5.17. The quantitative estimate of drug-likeness (QED) is 0.280. The van der Waals surface area contributed by atoms with E-state index in [4.69, 9.17) is 0 Å². The number of hydrogen-bond acceptors (Lipinski definition) is 3. The van der Waals surface area contributed by atoms with Gasteiger partial charge >= 0.3 is 0 Å². The molecule has 0 aromatic heterocycles. The molecule has 0 saturated carbocycles. The monoisotopic (exact) mass is 468 g/mol. The zero-order valence-electron chi connectivity index (χ0n) is 15.8. The molecule has 0 amide bonds. The van der Waals surface area contributed by atoms with Crippen LogP contribution in [0.5, 0.6) is 0 Å². The van der Waals surface area contributed by atoms with Crippen LogP contribution in [-0.2, 0) is 0 Å². The summed E-state index contributed by atoms with van der Waals surface area (Å²) in [4.78, 5) is 9.57. The minimum atomic E-state index is 0. The molecule has 1 unspecified atom stereocenters. The molecule has 6 heteroatoms. The van der Waals surface area contributed by atoms with Gasteiger partial charge in [-0.15, -0.1) is 24.0 Å². The van der Waals surface area contributed by atoms with Crippen molar-refractivity contribution in [1.29, 1.82) is 0 Å². The highest BCUT2D eigenvalue weighted by atomic mass is 127. The van der Waals surface area contributed by atoms with Crippen LogP contribution >= 0.6 is 35.7 Å². The number of hydrogen-bond donors (Lipinski definition) is 1. The first-order valence-corrected chi connectivity index (χ1v) is 10.6. The fourth-order valence-corrected chi connectivity index (χ4v) is 4.62. The molecule has 0 aromatic carbocycles. The van der Waals surface area contributed by atoms with Crippen molar-refractivity contribution in [2.75, 3.05) is 52.1 Å². The maximum atomic E-state index is 4.49. The molecule has 4 nitrogen and oxygen atoms in total. The summed E-state index contributed by atoms with van der Waals surface area (Å²) >= 11 is 2.11. The van der Waals surface area contributed by atoms with Crippen LogP contribution in [0.2, 0.25) is 0 Å². The molecule has 0 aliphatic carbocycles. The van der Waals surface area contributed by atoms with Crippen molar-refractivity contribution in [3.63, 3.8) is 0 Å². The van der Waals surface area contributed by atoms with E-state index in [-0.39, 0.29) is 24.0 Å². The number of guanidine groups is 1. The molecular weight excluding hydrogens is 431 g/mol. The fraction of sp³-hybridized carbons (Fsp3) is 0.944. The van der Waals surface area contributed by atoms with Gasteiger partial charge in [0.2, 0.25) is 0 Å². The van der Waals surface area contributed by atoms with Crippen LogP contribution in [0.25, 0.3) is 0 Å². The lowest BCUT2D eigenvalue weighted by atomic mass is 9.99. The number of halogens is 1. The number of rotatable bonds is 6. The van der Waals surface area contributed by atoms with Gasteiger partial charge < -0.3 is 15.1 Å². The van der Waals surface area contributed by atoms with Crippen LogP contribution in [0, 0.1) is 5.92 Å². The second kappa shape index (κ2) is 12.6. The SMILES string of the molecule is CCC1CN(C(=NC)NCCCCN2CCC(C)CC2)CCS1.I. The van der Waals surface area contributed by atoms with E-state index in [0.29, 0.717) is 0 Å². The smallest absolute Gasteiger partial charge is 0.193 e. The first-order chi connectivity index (χ1) is 11.2. The number of nitrogens with zero attached hydrogens (tertiary/aromatic N) is 3. The Hall–Kier alpha value is 0.310. The molecule has 2 rings (SSSR count). The van der Waals surface area contributed by atoms with Gasteiger partial charge in [0.15, 0.2) is 5.96 Å². The summed E-state index contributed by atoms with van der Waals surface area (Å²) in [7, 11) is 1.92. The molecule has 142 valence electrons. The summed E-state index contributed by atoms with van der Waals surface area (Å²) in [5, 5.41) is 4.34. The molecule has 0 spiro atoms. The van der Waals surface area contributed by atoms with Gasteiger partial charge in [0.05, 0.1) is 0 Å². The lowest BCUT2D eigenvalue weighted by molar-refractivity contribution is 0.189. The average molecular weight is 468 g/mol. The number of thioether (sulfide) groups is 1. The number of aliphatic imine (C=N–C) groups is 1. The summed E-state index contributed by atoms with van der Waals surface area (Å²) in [6.07, 6.45) is 6.57. The Balaban J connectivity index is 0.00000288. The molecule has 0 aromatic rings. The van der Waals surface area contributed by atoms with Crippen LogP contribution in [0.3, 0.4) is 0 Å². The Morgan fingerprint density at radius 3 is 2.62 bits per heavy atom. The third kappa shape index (κ3) is 7.68. The lowest BCUT2D eigenvalue weighted by Gasteiger charge is -2.34. The molecule has 2 aliphatic rings. The Kier molecular flexibility index (Phi) is 11.8. The second-order valence-electron chi connectivity index (χ2n) is 7.05. The van der Waals surface area contributed by atoms with Gasteiger partial charge in [0.1, 0.15) is 0 Å². The van der Waals surface area contributed by atoms with E-state index in [1.165, 1.54) is 57.5 Å². The van der Waals surface area contributed by atoms with Crippen LogP contribution in [0.1, 0.15) is 46.0 Å². The topological polar surface area (TPSA) is 30.9 Å². The molecule has 0 radical (unpaired) electrons. The molecule has 2 saturated heterocycles. The lowest BCUT2D eigenvalue weighted by Crippen LogP contribution is -2.48. The third-order valence-corrected chi connectivity index (χ3v) is 6.54. The maximum absolute atomic E-state index is 4.49. The van der Waals surface area contributed by atoms with Gasteiger partial charge in [-0.05, 0) is 57.7 Å². The Bertz CT molecular complexity index is 359. The first kappa shape index (κ1) is 22.4. The largest absolute Gasteiger partial charge is 0.356 e. The number of likely N-dealkylation sites (tertiary alicyclic amines) is 1. The molecule has 0 bridgehead atoms. The van der Waals surface area contributed by atoms with Crippen molar-refractivity contribution in [2.24, 2.45) is 10.9 Å². The molecule has 2 heterocycles. The predicted octanol–water partition coefficient (Wildman–Crippen LogP) is 3.52. The van der Waals surface area contributed by atoms with E-state index in [0.717, 1.165) is 36.8 Å². The van der Waals surface area contributed by atoms with Gasteiger partial charge in [-0.25, -0.2) is 0 Å². The van der Waals surface area contributed by atoms with Gasteiger partial charge in [-0.2, -0.15) is 11.8 Å². The van der Waals surface area contributed by atoms with E-state index < -0.39 is 0 Å². The molecule has 1 atom stereocenters. The van der Waals surface area contributed by atoms with Crippen molar-refractivity contribution in [2.45, 2.75) is 51.2 Å². The average Bonchev–Trinajstić information content (AvgIpc) is 2.59. The zero-order valence-corrected chi connectivity index (χ0v) is 18.9. The van der Waals surface area contributed by atoms with Crippen molar-refractivity contribution in [3.05, 3.63) is 0 Å². The summed E-state index contributed by atoms with van der Waals surface area (Å²) in [6.45, 7) is 11.9.